The number of primary amides is 2. The van der Waals surface area contributed by atoms with Crippen LogP contribution in [0.3, 0.4) is 0 Å². The molecule has 0 aromatic heterocycles. The van der Waals surface area contributed by atoms with Crippen molar-refractivity contribution in [2.24, 2.45) is 11.5 Å². The van der Waals surface area contributed by atoms with Crippen molar-refractivity contribution < 1.29 is 24.2 Å². The highest BCUT2D eigenvalue weighted by molar-refractivity contribution is 5.87. The summed E-state index contributed by atoms with van der Waals surface area (Å²) in [5.74, 6) is -1.03. The van der Waals surface area contributed by atoms with Gasteiger partial charge in [0.05, 0.1) is 6.54 Å². The van der Waals surface area contributed by atoms with Gasteiger partial charge in [-0.3, -0.25) is 0 Å². The Labute approximate surface area is 120 Å². The van der Waals surface area contributed by atoms with Crippen LogP contribution in [0.15, 0.2) is 30.3 Å². The van der Waals surface area contributed by atoms with Gasteiger partial charge in [-0.25, -0.2) is 14.4 Å². The summed E-state index contributed by atoms with van der Waals surface area (Å²) < 4.78 is 5.32. The minimum absolute atomic E-state index is 0.397. The lowest BCUT2D eigenvalue weighted by molar-refractivity contribution is -0.145. The molecule has 114 valence electrons. The minimum Gasteiger partial charge on any atom is -0.490 e. The van der Waals surface area contributed by atoms with E-state index < -0.39 is 36.7 Å². The van der Waals surface area contributed by atoms with Gasteiger partial charge in [0, 0.05) is 0 Å². The van der Waals surface area contributed by atoms with Crippen LogP contribution in [0.4, 0.5) is 9.59 Å². The van der Waals surface area contributed by atoms with Gasteiger partial charge < -0.3 is 31.9 Å². The summed E-state index contributed by atoms with van der Waals surface area (Å²) in [4.78, 5) is 33.2. The Morgan fingerprint density at radius 2 is 1.76 bits per heavy atom. The fourth-order valence-electron chi connectivity index (χ4n) is 1.52. The van der Waals surface area contributed by atoms with Gasteiger partial charge in [0.2, 0.25) is 0 Å². The number of nitrogens with two attached hydrogens (primary N) is 2. The van der Waals surface area contributed by atoms with Crippen molar-refractivity contribution in [1.82, 2.24) is 10.6 Å². The number of amides is 4. The van der Waals surface area contributed by atoms with E-state index in [0.29, 0.717) is 5.75 Å². The molecule has 1 aromatic rings. The van der Waals surface area contributed by atoms with Crippen molar-refractivity contribution in [3.05, 3.63) is 30.3 Å². The van der Waals surface area contributed by atoms with Crippen LogP contribution in [0, 0.1) is 0 Å². The van der Waals surface area contributed by atoms with Crippen molar-refractivity contribution in [1.29, 1.82) is 0 Å². The predicted molar refractivity (Wildman–Crippen MR) is 72.6 cm³/mol. The molecule has 1 unspecified atom stereocenters. The largest absolute Gasteiger partial charge is 0.490 e. The SMILES string of the molecule is NC(=O)NCC(COc1ccccc1)(NC(N)=O)C(=O)O. The van der Waals surface area contributed by atoms with Crippen LogP contribution in [0.5, 0.6) is 5.75 Å². The van der Waals surface area contributed by atoms with Gasteiger partial charge in [0.1, 0.15) is 12.4 Å². The van der Waals surface area contributed by atoms with Crippen molar-refractivity contribution >= 4 is 18.0 Å². The highest BCUT2D eigenvalue weighted by Gasteiger charge is 2.41. The predicted octanol–water partition coefficient (Wildman–Crippen LogP) is -0.775. The first-order chi connectivity index (χ1) is 9.85. The van der Waals surface area contributed by atoms with Gasteiger partial charge in [-0.05, 0) is 12.1 Å². The summed E-state index contributed by atoms with van der Waals surface area (Å²) in [5, 5.41) is 13.5. The number of carboxylic acid groups (broad SMARTS) is 1. The number of urea groups is 2. The Morgan fingerprint density at radius 1 is 1.14 bits per heavy atom. The number of hydrogen-bond acceptors (Lipinski definition) is 4. The number of ether oxygens (including phenoxy) is 1. The van der Waals surface area contributed by atoms with E-state index in [4.69, 9.17) is 16.2 Å². The molecule has 0 bridgehead atoms. The van der Waals surface area contributed by atoms with Gasteiger partial charge in [0.15, 0.2) is 5.54 Å². The summed E-state index contributed by atoms with van der Waals surface area (Å²) >= 11 is 0. The van der Waals surface area contributed by atoms with Crippen LogP contribution in [0.25, 0.3) is 0 Å². The summed E-state index contributed by atoms with van der Waals surface area (Å²) in [6.45, 7) is -0.928. The zero-order valence-corrected chi connectivity index (χ0v) is 11.0. The molecule has 0 radical (unpaired) electrons. The third-order valence-electron chi connectivity index (χ3n) is 2.56. The third-order valence-corrected chi connectivity index (χ3v) is 2.56. The molecule has 1 rings (SSSR count). The fourth-order valence-corrected chi connectivity index (χ4v) is 1.52. The number of rotatable bonds is 7. The maximum absolute atomic E-state index is 11.4. The van der Waals surface area contributed by atoms with E-state index in [-0.39, 0.29) is 0 Å². The number of para-hydroxylation sites is 1. The lowest BCUT2D eigenvalue weighted by Gasteiger charge is -2.29. The van der Waals surface area contributed by atoms with Crippen LogP contribution in [-0.2, 0) is 4.79 Å². The quantitative estimate of drug-likeness (QED) is 0.446. The fraction of sp³-hybridized carbons (Fsp3) is 0.250. The zero-order valence-electron chi connectivity index (χ0n) is 11.0. The highest BCUT2D eigenvalue weighted by Crippen LogP contribution is 2.13. The van der Waals surface area contributed by atoms with E-state index in [2.05, 4.69) is 10.6 Å². The Hall–Kier alpha value is -2.97. The molecule has 1 aromatic carbocycles. The molecule has 0 aliphatic heterocycles. The molecule has 9 heteroatoms. The number of aliphatic carboxylic acids is 1. The highest BCUT2D eigenvalue weighted by atomic mass is 16.5. The van der Waals surface area contributed by atoms with Crippen LogP contribution in [-0.4, -0.2) is 41.8 Å². The number of carbonyl (C=O) groups is 3. The summed E-state index contributed by atoms with van der Waals surface area (Å²) in [6, 6.07) is 6.36. The van der Waals surface area contributed by atoms with Crippen molar-refractivity contribution in [2.45, 2.75) is 5.54 Å². The van der Waals surface area contributed by atoms with Gasteiger partial charge in [0.25, 0.3) is 0 Å². The van der Waals surface area contributed by atoms with Gasteiger partial charge in [-0.15, -0.1) is 0 Å². The van der Waals surface area contributed by atoms with Crippen LogP contribution < -0.4 is 26.8 Å². The molecule has 0 spiro atoms. The molecule has 7 N–H and O–H groups in total. The van der Waals surface area contributed by atoms with Gasteiger partial charge >= 0.3 is 18.0 Å². The monoisotopic (exact) mass is 296 g/mol. The summed E-state index contributed by atoms with van der Waals surface area (Å²) in [7, 11) is 0. The lowest BCUT2D eigenvalue weighted by atomic mass is 10.0. The number of hydrogen-bond donors (Lipinski definition) is 5. The lowest BCUT2D eigenvalue weighted by Crippen LogP contribution is -2.65. The summed E-state index contributed by atoms with van der Waals surface area (Å²) in [5.41, 5.74) is 7.96. The molecule has 9 nitrogen and oxygen atoms in total. The summed E-state index contributed by atoms with van der Waals surface area (Å²) in [6.07, 6.45) is 0. The first-order valence-electron chi connectivity index (χ1n) is 5.88. The Kier molecular flexibility index (Phi) is 5.35. The first kappa shape index (κ1) is 16.1. The molecule has 0 heterocycles. The minimum atomic E-state index is -1.93. The molecule has 1 atom stereocenters. The van der Waals surface area contributed by atoms with E-state index in [0.717, 1.165) is 0 Å². The third kappa shape index (κ3) is 4.90. The number of benzene rings is 1. The van der Waals surface area contributed by atoms with E-state index in [1.165, 1.54) is 0 Å². The first-order valence-corrected chi connectivity index (χ1v) is 5.88. The zero-order chi connectivity index (χ0) is 15.9. The standard InChI is InChI=1S/C12H16N4O5/c13-10(19)15-6-12(9(17)18,16-11(14)20)7-21-8-4-2-1-3-5-8/h1-5H,6-7H2,(H,17,18)(H3,13,15,19)(H3,14,16,20). The smallest absolute Gasteiger partial charge is 0.334 e. The molecule has 0 aliphatic rings. The number of carbonyl (C=O) groups excluding carboxylic acids is 2. The molecular weight excluding hydrogens is 280 g/mol. The van der Waals surface area contributed by atoms with Crippen molar-refractivity contribution in [3.63, 3.8) is 0 Å². The van der Waals surface area contributed by atoms with Gasteiger partial charge in [-0.1, -0.05) is 18.2 Å². The maximum atomic E-state index is 11.4. The Balaban J connectivity index is 2.89. The van der Waals surface area contributed by atoms with Crippen LogP contribution in [0.2, 0.25) is 0 Å². The number of carboxylic acids is 1. The normalized spacial score (nSPS) is 12.8. The van der Waals surface area contributed by atoms with E-state index in [1.807, 2.05) is 0 Å². The second-order valence-electron chi connectivity index (χ2n) is 4.20. The molecule has 0 aliphatic carbocycles. The average molecular weight is 296 g/mol. The van der Waals surface area contributed by atoms with Crippen molar-refractivity contribution in [3.8, 4) is 5.75 Å². The van der Waals surface area contributed by atoms with E-state index in [9.17, 15) is 19.5 Å². The maximum Gasteiger partial charge on any atom is 0.334 e. The van der Waals surface area contributed by atoms with E-state index >= 15 is 0 Å². The Bertz CT molecular complexity index is 522. The molecule has 0 saturated heterocycles. The average Bonchev–Trinajstić information content (AvgIpc) is 2.42. The second-order valence-corrected chi connectivity index (χ2v) is 4.20. The molecule has 0 fully saturated rings. The number of nitrogens with one attached hydrogen (secondary N) is 2. The van der Waals surface area contributed by atoms with Crippen LogP contribution in [0.1, 0.15) is 0 Å². The van der Waals surface area contributed by atoms with E-state index in [1.54, 1.807) is 30.3 Å². The molecule has 21 heavy (non-hydrogen) atoms. The van der Waals surface area contributed by atoms with Crippen molar-refractivity contribution in [2.75, 3.05) is 13.2 Å². The van der Waals surface area contributed by atoms with Gasteiger partial charge in [-0.2, -0.15) is 0 Å². The molecular formula is C12H16N4O5. The topological polar surface area (TPSA) is 157 Å². The molecule has 0 saturated carbocycles. The Morgan fingerprint density at radius 3 is 2.24 bits per heavy atom. The van der Waals surface area contributed by atoms with Crippen LogP contribution >= 0.6 is 0 Å². The molecule has 4 amide bonds. The second kappa shape index (κ2) is 6.98.